The molecular weight excluding hydrogens is 242 g/mol. The standard InChI is InChI=1S/C15H21NO3/c1-19-12-8-7-11(9-13(16)17)14(15(12)18)10-5-3-2-4-6-10/h7-8,10,18H,2-6,9H2,1H3,(H2,16,17). The van der Waals surface area contributed by atoms with E-state index in [1.54, 1.807) is 6.07 Å². The normalized spacial score (nSPS) is 16.3. The van der Waals surface area contributed by atoms with Crippen molar-refractivity contribution in [3.8, 4) is 11.5 Å². The number of phenols is 1. The number of carbonyl (C=O) groups is 1. The van der Waals surface area contributed by atoms with E-state index in [2.05, 4.69) is 0 Å². The number of methoxy groups -OCH3 is 1. The third-order valence-corrected chi connectivity index (χ3v) is 3.87. The summed E-state index contributed by atoms with van der Waals surface area (Å²) in [6.45, 7) is 0. The molecule has 1 aromatic carbocycles. The molecule has 1 fully saturated rings. The van der Waals surface area contributed by atoms with Crippen LogP contribution in [0.3, 0.4) is 0 Å². The number of benzene rings is 1. The molecule has 1 aliphatic rings. The van der Waals surface area contributed by atoms with Crippen LogP contribution in [0, 0.1) is 0 Å². The first-order chi connectivity index (χ1) is 9.13. The summed E-state index contributed by atoms with van der Waals surface area (Å²) in [4.78, 5) is 11.2. The van der Waals surface area contributed by atoms with E-state index >= 15 is 0 Å². The summed E-state index contributed by atoms with van der Waals surface area (Å²) in [5, 5.41) is 10.4. The van der Waals surface area contributed by atoms with Gasteiger partial charge in [-0.05, 0) is 30.4 Å². The van der Waals surface area contributed by atoms with E-state index in [1.165, 1.54) is 13.5 Å². The smallest absolute Gasteiger partial charge is 0.221 e. The van der Waals surface area contributed by atoms with E-state index in [1.807, 2.05) is 6.07 Å². The molecular formula is C15H21NO3. The number of phenolic OH excluding ortho intramolecular Hbond substituents is 1. The Morgan fingerprint density at radius 1 is 1.37 bits per heavy atom. The quantitative estimate of drug-likeness (QED) is 0.876. The van der Waals surface area contributed by atoms with Crippen molar-refractivity contribution in [3.63, 3.8) is 0 Å². The summed E-state index contributed by atoms with van der Waals surface area (Å²) in [6, 6.07) is 3.53. The Bertz CT molecular complexity index is 465. The monoisotopic (exact) mass is 263 g/mol. The van der Waals surface area contributed by atoms with Crippen LogP contribution in [0.25, 0.3) is 0 Å². The highest BCUT2D eigenvalue weighted by Crippen LogP contribution is 2.43. The van der Waals surface area contributed by atoms with Crippen molar-refractivity contribution in [1.82, 2.24) is 0 Å². The van der Waals surface area contributed by atoms with Crippen LogP contribution in [0.15, 0.2) is 12.1 Å². The Kier molecular flexibility index (Phi) is 4.30. The lowest BCUT2D eigenvalue weighted by molar-refractivity contribution is -0.117. The third-order valence-electron chi connectivity index (χ3n) is 3.87. The Morgan fingerprint density at radius 3 is 2.63 bits per heavy atom. The maximum atomic E-state index is 11.2. The van der Waals surface area contributed by atoms with Crippen LogP contribution in [0.5, 0.6) is 11.5 Å². The number of hydrogen-bond acceptors (Lipinski definition) is 3. The number of amides is 1. The van der Waals surface area contributed by atoms with Crippen molar-refractivity contribution in [2.45, 2.75) is 44.4 Å². The molecule has 0 saturated heterocycles. The lowest BCUT2D eigenvalue weighted by Crippen LogP contribution is -2.17. The number of rotatable bonds is 4. The van der Waals surface area contributed by atoms with Crippen LogP contribution in [0.4, 0.5) is 0 Å². The number of primary amides is 1. The van der Waals surface area contributed by atoms with Gasteiger partial charge in [0.2, 0.25) is 5.91 Å². The fraction of sp³-hybridized carbons (Fsp3) is 0.533. The zero-order chi connectivity index (χ0) is 13.8. The average Bonchev–Trinajstić information content (AvgIpc) is 2.39. The predicted molar refractivity (Wildman–Crippen MR) is 73.4 cm³/mol. The van der Waals surface area contributed by atoms with E-state index < -0.39 is 0 Å². The minimum absolute atomic E-state index is 0.170. The van der Waals surface area contributed by atoms with Gasteiger partial charge in [0.1, 0.15) is 0 Å². The highest BCUT2D eigenvalue weighted by Gasteiger charge is 2.24. The Balaban J connectivity index is 2.42. The van der Waals surface area contributed by atoms with Crippen molar-refractivity contribution >= 4 is 5.91 Å². The summed E-state index contributed by atoms with van der Waals surface area (Å²) >= 11 is 0. The Hall–Kier alpha value is -1.71. The molecule has 0 unspecified atom stereocenters. The number of aromatic hydroxyl groups is 1. The fourth-order valence-electron chi connectivity index (χ4n) is 2.98. The third kappa shape index (κ3) is 3.00. The highest BCUT2D eigenvalue weighted by atomic mass is 16.5. The molecule has 1 aromatic rings. The van der Waals surface area contributed by atoms with Gasteiger partial charge in [-0.15, -0.1) is 0 Å². The average molecular weight is 263 g/mol. The zero-order valence-electron chi connectivity index (χ0n) is 11.3. The van der Waals surface area contributed by atoms with Crippen molar-refractivity contribution in [3.05, 3.63) is 23.3 Å². The van der Waals surface area contributed by atoms with Crippen LogP contribution in [-0.2, 0) is 11.2 Å². The molecule has 104 valence electrons. The number of nitrogens with two attached hydrogens (primary N) is 1. The molecule has 0 aliphatic heterocycles. The molecule has 1 saturated carbocycles. The summed E-state index contributed by atoms with van der Waals surface area (Å²) in [5.41, 5.74) is 6.98. The molecule has 4 nitrogen and oxygen atoms in total. The van der Waals surface area contributed by atoms with Gasteiger partial charge in [-0.1, -0.05) is 25.3 Å². The molecule has 0 bridgehead atoms. The molecule has 0 radical (unpaired) electrons. The fourth-order valence-corrected chi connectivity index (χ4v) is 2.98. The van der Waals surface area contributed by atoms with Gasteiger partial charge in [0.15, 0.2) is 11.5 Å². The molecule has 1 amide bonds. The SMILES string of the molecule is COc1ccc(CC(N)=O)c(C2CCCCC2)c1O. The van der Waals surface area contributed by atoms with Crippen LogP contribution in [0.1, 0.15) is 49.1 Å². The molecule has 3 N–H and O–H groups in total. The summed E-state index contributed by atoms with van der Waals surface area (Å²) in [7, 11) is 1.54. The topological polar surface area (TPSA) is 72.5 Å². The van der Waals surface area contributed by atoms with Gasteiger partial charge < -0.3 is 15.6 Å². The molecule has 0 heterocycles. The molecule has 1 aliphatic carbocycles. The molecule has 2 rings (SSSR count). The lowest BCUT2D eigenvalue weighted by atomic mass is 9.81. The summed E-state index contributed by atoms with van der Waals surface area (Å²) in [6.07, 6.45) is 5.84. The lowest BCUT2D eigenvalue weighted by Gasteiger charge is -2.25. The zero-order valence-corrected chi connectivity index (χ0v) is 11.3. The largest absolute Gasteiger partial charge is 0.504 e. The first-order valence-corrected chi connectivity index (χ1v) is 6.80. The Morgan fingerprint density at radius 2 is 2.05 bits per heavy atom. The first-order valence-electron chi connectivity index (χ1n) is 6.80. The second-order valence-electron chi connectivity index (χ2n) is 5.17. The van der Waals surface area contributed by atoms with E-state index in [4.69, 9.17) is 10.5 Å². The van der Waals surface area contributed by atoms with E-state index in [0.29, 0.717) is 11.7 Å². The van der Waals surface area contributed by atoms with Gasteiger partial charge in [-0.3, -0.25) is 4.79 Å². The minimum Gasteiger partial charge on any atom is -0.504 e. The Labute approximate surface area is 113 Å². The van der Waals surface area contributed by atoms with Gasteiger partial charge >= 0.3 is 0 Å². The van der Waals surface area contributed by atoms with Gasteiger partial charge in [0, 0.05) is 5.56 Å². The van der Waals surface area contributed by atoms with Crippen molar-refractivity contribution in [1.29, 1.82) is 0 Å². The molecule has 0 aromatic heterocycles. The van der Waals surface area contributed by atoms with Crippen LogP contribution in [0.2, 0.25) is 0 Å². The molecule has 0 spiro atoms. The maximum Gasteiger partial charge on any atom is 0.221 e. The summed E-state index contributed by atoms with van der Waals surface area (Å²) in [5.74, 6) is 0.571. The van der Waals surface area contributed by atoms with Crippen LogP contribution in [-0.4, -0.2) is 18.1 Å². The molecule has 4 heteroatoms. The van der Waals surface area contributed by atoms with Crippen LogP contribution >= 0.6 is 0 Å². The van der Waals surface area contributed by atoms with E-state index in [-0.39, 0.29) is 18.1 Å². The second-order valence-corrected chi connectivity index (χ2v) is 5.17. The van der Waals surface area contributed by atoms with Crippen molar-refractivity contribution in [2.75, 3.05) is 7.11 Å². The van der Waals surface area contributed by atoms with Crippen LogP contribution < -0.4 is 10.5 Å². The number of carbonyl (C=O) groups excluding carboxylic acids is 1. The van der Waals surface area contributed by atoms with Gasteiger partial charge in [0.05, 0.1) is 13.5 Å². The second kappa shape index (κ2) is 5.95. The minimum atomic E-state index is -0.373. The van der Waals surface area contributed by atoms with Crippen molar-refractivity contribution in [2.24, 2.45) is 5.73 Å². The van der Waals surface area contributed by atoms with Gasteiger partial charge in [-0.25, -0.2) is 0 Å². The van der Waals surface area contributed by atoms with Gasteiger partial charge in [-0.2, -0.15) is 0 Å². The summed E-state index contributed by atoms with van der Waals surface area (Å²) < 4.78 is 5.17. The van der Waals surface area contributed by atoms with Gasteiger partial charge in [0.25, 0.3) is 0 Å². The number of hydrogen-bond donors (Lipinski definition) is 2. The van der Waals surface area contributed by atoms with E-state index in [9.17, 15) is 9.90 Å². The highest BCUT2D eigenvalue weighted by molar-refractivity contribution is 5.77. The van der Waals surface area contributed by atoms with E-state index in [0.717, 1.165) is 36.8 Å². The van der Waals surface area contributed by atoms with Crippen molar-refractivity contribution < 1.29 is 14.6 Å². The molecule has 0 atom stereocenters. The number of ether oxygens (including phenoxy) is 1. The predicted octanol–water partition coefficient (Wildman–Crippen LogP) is 2.48. The maximum absolute atomic E-state index is 11.2. The molecule has 19 heavy (non-hydrogen) atoms. The first kappa shape index (κ1) is 13.7.